The van der Waals surface area contributed by atoms with E-state index < -0.39 is 0 Å². The molecule has 0 amide bonds. The van der Waals surface area contributed by atoms with Crippen molar-refractivity contribution < 1.29 is 0 Å². The first kappa shape index (κ1) is 11.0. The van der Waals surface area contributed by atoms with Gasteiger partial charge in [0.2, 0.25) is 5.95 Å². The molecule has 1 aromatic heterocycles. The maximum absolute atomic E-state index is 5.80. The van der Waals surface area contributed by atoms with Gasteiger partial charge in [0.05, 0.1) is 5.54 Å². The van der Waals surface area contributed by atoms with Crippen LogP contribution in [0.5, 0.6) is 0 Å². The van der Waals surface area contributed by atoms with Gasteiger partial charge in [-0.05, 0) is 12.8 Å². The highest BCUT2D eigenvalue weighted by Gasteiger charge is 2.24. The average molecular weight is 196 g/mol. The fourth-order valence-electron chi connectivity index (χ4n) is 1.49. The summed E-state index contributed by atoms with van der Waals surface area (Å²) in [6, 6.07) is 0. The molecule has 4 nitrogen and oxygen atoms in total. The van der Waals surface area contributed by atoms with Gasteiger partial charge in [-0.15, -0.1) is 0 Å². The molecule has 0 saturated heterocycles. The van der Waals surface area contributed by atoms with Crippen molar-refractivity contribution in [2.75, 3.05) is 11.9 Å². The molecule has 80 valence electrons. The molecule has 0 unspecified atom stereocenters. The van der Waals surface area contributed by atoms with Crippen LogP contribution in [0.25, 0.3) is 0 Å². The molecule has 0 radical (unpaired) electrons. The Morgan fingerprint density at radius 3 is 2.50 bits per heavy atom. The topological polar surface area (TPSA) is 55.9 Å². The zero-order valence-corrected chi connectivity index (χ0v) is 9.25. The average Bonchev–Trinajstić information content (AvgIpc) is 2.61. The first-order valence-electron chi connectivity index (χ1n) is 5.13. The molecular weight excluding hydrogens is 176 g/mol. The van der Waals surface area contributed by atoms with Crippen molar-refractivity contribution in [3.05, 3.63) is 12.4 Å². The molecule has 0 bridgehead atoms. The number of nitrogens with two attached hydrogens (primary N) is 1. The maximum atomic E-state index is 5.80. The Kier molecular flexibility index (Phi) is 3.52. The van der Waals surface area contributed by atoms with Crippen LogP contribution in [0.4, 0.5) is 5.95 Å². The van der Waals surface area contributed by atoms with Crippen LogP contribution in [-0.2, 0) is 7.05 Å². The Bertz CT molecular complexity index is 267. The highest BCUT2D eigenvalue weighted by molar-refractivity contribution is 5.30. The maximum Gasteiger partial charge on any atom is 0.202 e. The first-order valence-corrected chi connectivity index (χ1v) is 5.13. The van der Waals surface area contributed by atoms with Crippen LogP contribution in [-0.4, -0.2) is 21.6 Å². The van der Waals surface area contributed by atoms with Gasteiger partial charge in [0.15, 0.2) is 0 Å². The van der Waals surface area contributed by atoms with Gasteiger partial charge in [0.25, 0.3) is 0 Å². The van der Waals surface area contributed by atoms with Crippen LogP contribution in [0.15, 0.2) is 12.4 Å². The largest absolute Gasteiger partial charge is 0.349 e. The molecule has 0 aliphatic rings. The van der Waals surface area contributed by atoms with Gasteiger partial charge in [-0.25, -0.2) is 4.98 Å². The molecule has 0 fully saturated rings. The second-order valence-electron chi connectivity index (χ2n) is 3.68. The summed E-state index contributed by atoms with van der Waals surface area (Å²) in [5.74, 6) is 0.888. The van der Waals surface area contributed by atoms with Crippen LogP contribution in [0.1, 0.15) is 26.7 Å². The van der Waals surface area contributed by atoms with E-state index in [4.69, 9.17) is 5.73 Å². The van der Waals surface area contributed by atoms with E-state index in [9.17, 15) is 0 Å². The third-order valence-corrected chi connectivity index (χ3v) is 2.94. The van der Waals surface area contributed by atoms with Gasteiger partial charge in [-0.3, -0.25) is 0 Å². The molecule has 1 heterocycles. The van der Waals surface area contributed by atoms with Gasteiger partial charge < -0.3 is 15.6 Å². The van der Waals surface area contributed by atoms with Gasteiger partial charge in [0.1, 0.15) is 0 Å². The number of hydrogen-bond donors (Lipinski definition) is 2. The van der Waals surface area contributed by atoms with Crippen molar-refractivity contribution in [1.29, 1.82) is 0 Å². The lowest BCUT2D eigenvalue weighted by atomic mass is 9.93. The molecule has 3 N–H and O–H groups in total. The van der Waals surface area contributed by atoms with Crippen molar-refractivity contribution in [2.24, 2.45) is 12.8 Å². The van der Waals surface area contributed by atoms with Gasteiger partial charge >= 0.3 is 0 Å². The van der Waals surface area contributed by atoms with Crippen LogP contribution in [0.2, 0.25) is 0 Å². The third kappa shape index (κ3) is 2.07. The number of nitrogens with one attached hydrogen (secondary N) is 1. The third-order valence-electron chi connectivity index (χ3n) is 2.94. The minimum absolute atomic E-state index is 0.0148. The molecule has 0 aliphatic carbocycles. The van der Waals surface area contributed by atoms with E-state index in [2.05, 4.69) is 24.1 Å². The number of hydrogen-bond acceptors (Lipinski definition) is 3. The van der Waals surface area contributed by atoms with E-state index in [1.807, 2.05) is 17.8 Å². The van der Waals surface area contributed by atoms with Crippen LogP contribution in [0, 0.1) is 0 Å². The molecule has 14 heavy (non-hydrogen) atoms. The molecule has 0 spiro atoms. The number of imidazole rings is 1. The minimum Gasteiger partial charge on any atom is -0.349 e. The lowest BCUT2D eigenvalue weighted by molar-refractivity contribution is 0.440. The van der Waals surface area contributed by atoms with E-state index >= 15 is 0 Å². The van der Waals surface area contributed by atoms with Crippen LogP contribution in [0.3, 0.4) is 0 Å². The number of anilines is 1. The molecule has 1 rings (SSSR count). The summed E-state index contributed by atoms with van der Waals surface area (Å²) < 4.78 is 1.97. The SMILES string of the molecule is CCC(CC)(CN)Nc1nccn1C. The predicted molar refractivity (Wildman–Crippen MR) is 59.2 cm³/mol. The fraction of sp³-hybridized carbons (Fsp3) is 0.700. The molecule has 0 atom stereocenters. The number of aryl methyl sites for hydroxylation is 1. The number of nitrogens with zero attached hydrogens (tertiary/aromatic N) is 2. The predicted octanol–water partition coefficient (Wildman–Crippen LogP) is 1.35. The highest BCUT2D eigenvalue weighted by Crippen LogP contribution is 2.19. The monoisotopic (exact) mass is 196 g/mol. The lowest BCUT2D eigenvalue weighted by Gasteiger charge is -2.31. The molecular formula is C10H20N4. The van der Waals surface area contributed by atoms with Crippen molar-refractivity contribution in [3.8, 4) is 0 Å². The number of rotatable bonds is 5. The van der Waals surface area contributed by atoms with Crippen molar-refractivity contribution in [2.45, 2.75) is 32.2 Å². The van der Waals surface area contributed by atoms with E-state index in [1.165, 1.54) is 0 Å². The summed E-state index contributed by atoms with van der Waals surface area (Å²) in [4.78, 5) is 4.24. The lowest BCUT2D eigenvalue weighted by Crippen LogP contribution is -2.45. The van der Waals surface area contributed by atoms with Crippen LogP contribution < -0.4 is 11.1 Å². The Balaban J connectivity index is 2.79. The molecule has 4 heteroatoms. The molecule has 0 saturated carbocycles. The van der Waals surface area contributed by atoms with Crippen LogP contribution >= 0.6 is 0 Å². The van der Waals surface area contributed by atoms with Gasteiger partial charge in [-0.1, -0.05) is 13.8 Å². The van der Waals surface area contributed by atoms with E-state index in [0.717, 1.165) is 18.8 Å². The Labute approximate surface area is 85.5 Å². The minimum atomic E-state index is -0.0148. The Morgan fingerprint density at radius 2 is 2.14 bits per heavy atom. The van der Waals surface area contributed by atoms with Crippen molar-refractivity contribution >= 4 is 5.95 Å². The quantitative estimate of drug-likeness (QED) is 0.747. The van der Waals surface area contributed by atoms with Gasteiger partial charge in [-0.2, -0.15) is 0 Å². The second-order valence-corrected chi connectivity index (χ2v) is 3.68. The number of aromatic nitrogens is 2. The Hall–Kier alpha value is -1.03. The highest BCUT2D eigenvalue weighted by atomic mass is 15.2. The smallest absolute Gasteiger partial charge is 0.202 e. The molecule has 1 aromatic rings. The zero-order chi connectivity index (χ0) is 10.6. The van der Waals surface area contributed by atoms with E-state index in [0.29, 0.717) is 6.54 Å². The zero-order valence-electron chi connectivity index (χ0n) is 9.25. The first-order chi connectivity index (χ1) is 6.67. The molecule has 0 aromatic carbocycles. The second kappa shape index (κ2) is 4.46. The normalized spacial score (nSPS) is 11.7. The van der Waals surface area contributed by atoms with E-state index in [-0.39, 0.29) is 5.54 Å². The van der Waals surface area contributed by atoms with Crippen molar-refractivity contribution in [1.82, 2.24) is 9.55 Å². The van der Waals surface area contributed by atoms with E-state index in [1.54, 1.807) is 6.20 Å². The summed E-state index contributed by atoms with van der Waals surface area (Å²) in [5.41, 5.74) is 5.78. The summed E-state index contributed by atoms with van der Waals surface area (Å²) in [5, 5.41) is 3.42. The summed E-state index contributed by atoms with van der Waals surface area (Å²) in [6.45, 7) is 4.92. The standard InChI is InChI=1S/C10H20N4/c1-4-10(5-2,8-11)13-9-12-6-7-14(9)3/h6-7H,4-5,8,11H2,1-3H3,(H,12,13). The Morgan fingerprint density at radius 1 is 1.50 bits per heavy atom. The summed E-state index contributed by atoms with van der Waals surface area (Å²) in [7, 11) is 1.97. The fourth-order valence-corrected chi connectivity index (χ4v) is 1.49. The molecule has 0 aliphatic heterocycles. The van der Waals surface area contributed by atoms with Crippen molar-refractivity contribution in [3.63, 3.8) is 0 Å². The van der Waals surface area contributed by atoms with Gasteiger partial charge in [0, 0.05) is 26.0 Å². The summed E-state index contributed by atoms with van der Waals surface area (Å²) in [6.07, 6.45) is 5.73. The summed E-state index contributed by atoms with van der Waals surface area (Å²) >= 11 is 0.